The summed E-state index contributed by atoms with van der Waals surface area (Å²) in [5.41, 5.74) is 0.450. The molecule has 0 aromatic heterocycles. The quantitative estimate of drug-likeness (QED) is 0.622. The van der Waals surface area contributed by atoms with Gasteiger partial charge in [0.2, 0.25) is 26.0 Å². The van der Waals surface area contributed by atoms with Crippen LogP contribution in [0.4, 0.5) is 5.69 Å². The van der Waals surface area contributed by atoms with E-state index in [0.717, 1.165) is 25.7 Å². The normalized spacial score (nSPS) is 15.9. The van der Waals surface area contributed by atoms with E-state index < -0.39 is 20.0 Å². The Labute approximate surface area is 183 Å². The molecule has 0 radical (unpaired) electrons. The Kier molecular flexibility index (Phi) is 7.82. The van der Waals surface area contributed by atoms with E-state index in [1.165, 1.54) is 40.7 Å². The van der Waals surface area contributed by atoms with Gasteiger partial charge in [-0.3, -0.25) is 4.79 Å². The van der Waals surface area contributed by atoms with Gasteiger partial charge < -0.3 is 5.32 Å². The third-order valence-corrected chi connectivity index (χ3v) is 8.43. The Morgan fingerprint density at radius 3 is 2.03 bits per heavy atom. The summed E-state index contributed by atoms with van der Waals surface area (Å²) < 4.78 is 53.8. The minimum Gasteiger partial charge on any atom is -0.326 e. The van der Waals surface area contributed by atoms with Crippen molar-refractivity contribution in [3.63, 3.8) is 0 Å². The number of amides is 1. The average molecular weight is 466 g/mol. The van der Waals surface area contributed by atoms with Gasteiger partial charge >= 0.3 is 0 Å². The first kappa shape index (κ1) is 23.4. The largest absolute Gasteiger partial charge is 0.326 e. The van der Waals surface area contributed by atoms with Gasteiger partial charge in [0.15, 0.2) is 0 Å². The van der Waals surface area contributed by atoms with E-state index in [4.69, 9.17) is 0 Å². The minimum absolute atomic E-state index is 0.0511. The van der Waals surface area contributed by atoms with Crippen molar-refractivity contribution in [3.05, 3.63) is 54.6 Å². The van der Waals surface area contributed by atoms with Gasteiger partial charge in [-0.2, -0.15) is 4.31 Å². The van der Waals surface area contributed by atoms with E-state index in [9.17, 15) is 21.6 Å². The number of carbonyl (C=O) groups is 1. The van der Waals surface area contributed by atoms with Crippen LogP contribution in [0.1, 0.15) is 32.1 Å². The van der Waals surface area contributed by atoms with Gasteiger partial charge in [-0.25, -0.2) is 21.6 Å². The van der Waals surface area contributed by atoms with Crippen molar-refractivity contribution >= 4 is 31.6 Å². The summed E-state index contributed by atoms with van der Waals surface area (Å²) in [6.07, 6.45) is 3.75. The molecule has 0 saturated carbocycles. The van der Waals surface area contributed by atoms with Gasteiger partial charge in [0.25, 0.3) is 0 Å². The number of sulfonamides is 2. The number of hydrogen-bond acceptors (Lipinski definition) is 5. The first-order valence-electron chi connectivity index (χ1n) is 10.2. The zero-order valence-electron chi connectivity index (χ0n) is 17.2. The lowest BCUT2D eigenvalue weighted by molar-refractivity contribution is -0.116. The van der Waals surface area contributed by atoms with Crippen LogP contribution in [0.5, 0.6) is 0 Å². The van der Waals surface area contributed by atoms with Gasteiger partial charge in [0.05, 0.1) is 9.79 Å². The fourth-order valence-corrected chi connectivity index (χ4v) is 5.92. The highest BCUT2D eigenvalue weighted by molar-refractivity contribution is 7.89. The van der Waals surface area contributed by atoms with Crippen LogP contribution in [-0.4, -0.2) is 46.7 Å². The monoisotopic (exact) mass is 465 g/mol. The van der Waals surface area contributed by atoms with Crippen molar-refractivity contribution in [2.75, 3.05) is 25.0 Å². The first-order valence-corrected chi connectivity index (χ1v) is 13.2. The van der Waals surface area contributed by atoms with Crippen LogP contribution in [0.3, 0.4) is 0 Å². The Morgan fingerprint density at radius 2 is 1.42 bits per heavy atom. The molecule has 10 heteroatoms. The van der Waals surface area contributed by atoms with Crippen LogP contribution in [0.2, 0.25) is 0 Å². The number of benzene rings is 2. The topological polar surface area (TPSA) is 113 Å². The maximum Gasteiger partial charge on any atom is 0.243 e. The highest BCUT2D eigenvalue weighted by atomic mass is 32.2. The van der Waals surface area contributed by atoms with Crippen LogP contribution in [0.25, 0.3) is 0 Å². The van der Waals surface area contributed by atoms with E-state index in [0.29, 0.717) is 18.8 Å². The number of nitrogens with one attached hydrogen (secondary N) is 2. The molecule has 0 unspecified atom stereocenters. The van der Waals surface area contributed by atoms with Crippen LogP contribution in [-0.2, 0) is 24.8 Å². The average Bonchev–Trinajstić information content (AvgIpc) is 3.05. The third kappa shape index (κ3) is 6.36. The molecule has 2 aromatic rings. The molecule has 3 rings (SSSR count). The van der Waals surface area contributed by atoms with Crippen LogP contribution >= 0.6 is 0 Å². The van der Waals surface area contributed by atoms with E-state index >= 15 is 0 Å². The van der Waals surface area contributed by atoms with Gasteiger partial charge in [-0.1, -0.05) is 31.0 Å². The summed E-state index contributed by atoms with van der Waals surface area (Å²) >= 11 is 0. The summed E-state index contributed by atoms with van der Waals surface area (Å²) in [7, 11) is -7.21. The molecule has 1 aliphatic rings. The SMILES string of the molecule is O=C(CCNS(=O)(=O)c1ccccc1)Nc1ccc(S(=O)(=O)N2CCCCCC2)cc1. The van der Waals surface area contributed by atoms with Crippen molar-refractivity contribution in [1.29, 1.82) is 0 Å². The van der Waals surface area contributed by atoms with Crippen molar-refractivity contribution < 1.29 is 21.6 Å². The lowest BCUT2D eigenvalue weighted by atomic mass is 10.2. The summed E-state index contributed by atoms with van der Waals surface area (Å²) in [4.78, 5) is 12.5. The Hall–Kier alpha value is -2.27. The molecule has 1 aliphatic heterocycles. The van der Waals surface area contributed by atoms with Crippen molar-refractivity contribution in [1.82, 2.24) is 9.03 Å². The summed E-state index contributed by atoms with van der Waals surface area (Å²) in [6.45, 7) is 1.00. The molecule has 1 saturated heterocycles. The van der Waals surface area contributed by atoms with Crippen molar-refractivity contribution in [3.8, 4) is 0 Å². The second kappa shape index (κ2) is 10.4. The Morgan fingerprint density at radius 1 is 0.806 bits per heavy atom. The summed E-state index contributed by atoms with van der Waals surface area (Å²) in [5, 5.41) is 2.65. The molecule has 8 nitrogen and oxygen atoms in total. The van der Waals surface area contributed by atoms with Crippen molar-refractivity contribution in [2.24, 2.45) is 0 Å². The summed E-state index contributed by atoms with van der Waals surface area (Å²) in [6, 6.07) is 14.0. The number of rotatable bonds is 8. The molecule has 2 aromatic carbocycles. The fourth-order valence-electron chi connectivity index (χ4n) is 3.35. The Balaban J connectivity index is 1.53. The Bertz CT molecular complexity index is 1080. The molecule has 0 bridgehead atoms. The molecule has 168 valence electrons. The standard InChI is InChI=1S/C21H27N3O5S2/c25-21(14-15-22-30(26,27)19-8-4-3-5-9-19)23-18-10-12-20(13-11-18)31(28,29)24-16-6-1-2-7-17-24/h3-5,8-13,22H,1-2,6-7,14-17H2,(H,23,25). The maximum atomic E-state index is 12.8. The second-order valence-corrected chi connectivity index (χ2v) is 11.1. The van der Waals surface area contributed by atoms with E-state index in [1.54, 1.807) is 18.2 Å². The predicted molar refractivity (Wildman–Crippen MR) is 119 cm³/mol. The van der Waals surface area contributed by atoms with E-state index in [1.807, 2.05) is 0 Å². The molecule has 1 fully saturated rings. The smallest absolute Gasteiger partial charge is 0.243 e. The van der Waals surface area contributed by atoms with E-state index in [-0.39, 0.29) is 28.7 Å². The molecule has 1 amide bonds. The van der Waals surface area contributed by atoms with Crippen LogP contribution < -0.4 is 10.0 Å². The molecule has 0 spiro atoms. The minimum atomic E-state index is -3.67. The number of anilines is 1. The zero-order chi connectivity index (χ0) is 22.3. The van der Waals surface area contributed by atoms with Gasteiger partial charge in [-0.05, 0) is 49.2 Å². The molecule has 1 heterocycles. The molecular weight excluding hydrogens is 438 g/mol. The molecular formula is C21H27N3O5S2. The molecule has 31 heavy (non-hydrogen) atoms. The maximum absolute atomic E-state index is 12.8. The number of nitrogens with zero attached hydrogens (tertiary/aromatic N) is 1. The second-order valence-electron chi connectivity index (χ2n) is 7.35. The summed E-state index contributed by atoms with van der Waals surface area (Å²) in [5.74, 6) is -0.376. The van der Waals surface area contributed by atoms with Gasteiger partial charge in [0.1, 0.15) is 0 Å². The number of hydrogen-bond donors (Lipinski definition) is 2. The predicted octanol–water partition coefficient (Wildman–Crippen LogP) is 2.56. The fraction of sp³-hybridized carbons (Fsp3) is 0.381. The zero-order valence-corrected chi connectivity index (χ0v) is 18.8. The molecule has 2 N–H and O–H groups in total. The number of carbonyl (C=O) groups excluding carboxylic acids is 1. The highest BCUT2D eigenvalue weighted by Gasteiger charge is 2.25. The van der Waals surface area contributed by atoms with Gasteiger partial charge in [-0.15, -0.1) is 0 Å². The van der Waals surface area contributed by atoms with E-state index in [2.05, 4.69) is 10.0 Å². The molecule has 0 atom stereocenters. The lowest BCUT2D eigenvalue weighted by Gasteiger charge is -2.20. The first-order chi connectivity index (χ1) is 14.8. The van der Waals surface area contributed by atoms with Crippen LogP contribution in [0, 0.1) is 0 Å². The molecule has 0 aliphatic carbocycles. The van der Waals surface area contributed by atoms with Gasteiger partial charge in [0, 0.05) is 31.7 Å². The lowest BCUT2D eigenvalue weighted by Crippen LogP contribution is -2.31. The van der Waals surface area contributed by atoms with Crippen LogP contribution in [0.15, 0.2) is 64.4 Å². The highest BCUT2D eigenvalue weighted by Crippen LogP contribution is 2.21. The van der Waals surface area contributed by atoms with Crippen molar-refractivity contribution in [2.45, 2.75) is 41.9 Å². The third-order valence-electron chi connectivity index (χ3n) is 5.04.